The molecule has 9 nitrogen and oxygen atoms in total. The molecular formula is C20H25N7O2. The summed E-state index contributed by atoms with van der Waals surface area (Å²) in [5.74, 6) is 2.64. The Morgan fingerprint density at radius 1 is 1.03 bits per heavy atom. The molecule has 3 unspecified atom stereocenters. The number of fused-ring (bicyclic) bond motifs is 2. The van der Waals surface area contributed by atoms with E-state index in [-0.39, 0.29) is 18.1 Å². The van der Waals surface area contributed by atoms with Crippen LogP contribution in [0.5, 0.6) is 0 Å². The number of anilines is 1. The lowest BCUT2D eigenvalue weighted by molar-refractivity contribution is -0.133. The fraction of sp³-hybridized carbons (Fsp3) is 0.550. The van der Waals surface area contributed by atoms with Crippen molar-refractivity contribution in [2.24, 2.45) is 11.8 Å². The fourth-order valence-electron chi connectivity index (χ4n) is 5.04. The van der Waals surface area contributed by atoms with Gasteiger partial charge in [0.05, 0.1) is 24.3 Å². The average Bonchev–Trinajstić information content (AvgIpc) is 3.27. The summed E-state index contributed by atoms with van der Waals surface area (Å²) in [7, 11) is 3.34. The van der Waals surface area contributed by atoms with Gasteiger partial charge in [-0.2, -0.15) is 0 Å². The van der Waals surface area contributed by atoms with Gasteiger partial charge in [-0.1, -0.05) is 0 Å². The highest BCUT2D eigenvalue weighted by atomic mass is 16.2. The molecule has 0 saturated carbocycles. The molecule has 0 radical (unpaired) electrons. The number of aromatic nitrogens is 3. The predicted molar refractivity (Wildman–Crippen MR) is 107 cm³/mol. The Balaban J connectivity index is 1.33. The summed E-state index contributed by atoms with van der Waals surface area (Å²) in [5.41, 5.74) is 0.874. The fourth-order valence-corrected chi connectivity index (χ4v) is 5.04. The van der Waals surface area contributed by atoms with E-state index in [0.717, 1.165) is 48.7 Å². The summed E-state index contributed by atoms with van der Waals surface area (Å²) < 4.78 is 0. The van der Waals surface area contributed by atoms with Gasteiger partial charge in [0.2, 0.25) is 5.91 Å². The van der Waals surface area contributed by atoms with Gasteiger partial charge in [-0.25, -0.2) is 14.8 Å². The lowest BCUT2D eigenvalue weighted by Gasteiger charge is -2.41. The van der Waals surface area contributed by atoms with E-state index in [0.29, 0.717) is 18.3 Å². The Hall–Kier alpha value is -2.81. The number of likely N-dealkylation sites (tertiary alicyclic amines) is 1. The molecule has 3 amide bonds. The van der Waals surface area contributed by atoms with Crippen LogP contribution >= 0.6 is 0 Å². The SMILES string of the molecule is Cc1nc(N2CC3CN(C4CC(=O)N(C)C(=O)N4C)CC3C2)c2ccncc2n1. The molecule has 152 valence electrons. The minimum Gasteiger partial charge on any atom is -0.355 e. The van der Waals surface area contributed by atoms with Crippen molar-refractivity contribution in [3.05, 3.63) is 24.3 Å². The molecule has 0 bridgehead atoms. The van der Waals surface area contributed by atoms with Crippen LogP contribution in [0, 0.1) is 18.8 Å². The van der Waals surface area contributed by atoms with Gasteiger partial charge in [-0.05, 0) is 24.8 Å². The Labute approximate surface area is 169 Å². The van der Waals surface area contributed by atoms with Crippen molar-refractivity contribution in [3.8, 4) is 0 Å². The molecule has 3 atom stereocenters. The first-order valence-corrected chi connectivity index (χ1v) is 10.0. The van der Waals surface area contributed by atoms with Gasteiger partial charge in [0, 0.05) is 51.9 Å². The highest BCUT2D eigenvalue weighted by Crippen LogP contribution is 2.37. The summed E-state index contributed by atoms with van der Waals surface area (Å²) >= 11 is 0. The Morgan fingerprint density at radius 2 is 1.76 bits per heavy atom. The number of urea groups is 1. The number of carbonyl (C=O) groups excluding carboxylic acids is 2. The second-order valence-electron chi connectivity index (χ2n) is 8.40. The number of amides is 3. The normalized spacial score (nSPS) is 28.0. The van der Waals surface area contributed by atoms with Crippen molar-refractivity contribution >= 4 is 28.7 Å². The minimum atomic E-state index is -0.221. The number of imide groups is 1. The van der Waals surface area contributed by atoms with Crippen molar-refractivity contribution in [1.29, 1.82) is 0 Å². The van der Waals surface area contributed by atoms with Crippen molar-refractivity contribution in [3.63, 3.8) is 0 Å². The van der Waals surface area contributed by atoms with E-state index in [2.05, 4.69) is 19.8 Å². The number of carbonyl (C=O) groups is 2. The Kier molecular flexibility index (Phi) is 4.16. The molecule has 29 heavy (non-hydrogen) atoms. The van der Waals surface area contributed by atoms with E-state index in [9.17, 15) is 9.59 Å². The van der Waals surface area contributed by atoms with E-state index in [1.54, 1.807) is 31.4 Å². The molecule has 0 aromatic carbocycles. The number of rotatable bonds is 2. The minimum absolute atomic E-state index is 0.103. The highest BCUT2D eigenvalue weighted by Gasteiger charge is 2.46. The van der Waals surface area contributed by atoms with Crippen LogP contribution in [-0.4, -0.2) is 88.0 Å². The van der Waals surface area contributed by atoms with E-state index in [1.807, 2.05) is 13.0 Å². The van der Waals surface area contributed by atoms with Crippen molar-refractivity contribution in [2.75, 3.05) is 45.2 Å². The second kappa shape index (κ2) is 6.62. The molecule has 0 spiro atoms. The lowest BCUT2D eigenvalue weighted by atomic mass is 10.0. The molecular weight excluding hydrogens is 370 g/mol. The number of nitrogens with zero attached hydrogens (tertiary/aromatic N) is 7. The summed E-state index contributed by atoms with van der Waals surface area (Å²) in [6, 6.07) is 1.76. The molecule has 9 heteroatoms. The van der Waals surface area contributed by atoms with Crippen LogP contribution in [0.4, 0.5) is 10.6 Å². The molecule has 0 aliphatic carbocycles. The van der Waals surface area contributed by atoms with Gasteiger partial charge in [-0.15, -0.1) is 0 Å². The summed E-state index contributed by atoms with van der Waals surface area (Å²) in [6.45, 7) is 5.55. The maximum atomic E-state index is 12.3. The van der Waals surface area contributed by atoms with Gasteiger partial charge < -0.3 is 9.80 Å². The molecule has 5 heterocycles. The second-order valence-corrected chi connectivity index (χ2v) is 8.40. The summed E-state index contributed by atoms with van der Waals surface area (Å²) in [6.07, 6.45) is 3.80. The largest absolute Gasteiger partial charge is 0.355 e. The first-order chi connectivity index (χ1) is 13.9. The first-order valence-electron chi connectivity index (χ1n) is 10.0. The average molecular weight is 395 g/mol. The number of hydrogen-bond acceptors (Lipinski definition) is 7. The monoisotopic (exact) mass is 395 g/mol. The zero-order valence-corrected chi connectivity index (χ0v) is 16.9. The molecule has 3 aliphatic rings. The maximum Gasteiger partial charge on any atom is 0.327 e. The van der Waals surface area contributed by atoms with Crippen molar-refractivity contribution in [1.82, 2.24) is 29.7 Å². The van der Waals surface area contributed by atoms with E-state index < -0.39 is 0 Å². The van der Waals surface area contributed by atoms with Crippen LogP contribution in [0.25, 0.3) is 10.9 Å². The summed E-state index contributed by atoms with van der Waals surface area (Å²) in [5, 5.41) is 1.04. The molecule has 3 saturated heterocycles. The lowest BCUT2D eigenvalue weighted by Crippen LogP contribution is -2.59. The number of aryl methyl sites for hydroxylation is 1. The molecule has 5 rings (SSSR count). The van der Waals surface area contributed by atoms with E-state index in [4.69, 9.17) is 4.98 Å². The zero-order chi connectivity index (χ0) is 20.3. The zero-order valence-electron chi connectivity index (χ0n) is 16.9. The smallest absolute Gasteiger partial charge is 0.327 e. The Bertz CT molecular complexity index is 982. The van der Waals surface area contributed by atoms with Gasteiger partial charge in [-0.3, -0.25) is 19.6 Å². The molecule has 0 N–H and O–H groups in total. The van der Waals surface area contributed by atoms with Crippen molar-refractivity contribution in [2.45, 2.75) is 19.5 Å². The van der Waals surface area contributed by atoms with Crippen LogP contribution in [0.3, 0.4) is 0 Å². The van der Waals surface area contributed by atoms with Crippen LogP contribution in [0.1, 0.15) is 12.2 Å². The van der Waals surface area contributed by atoms with Gasteiger partial charge >= 0.3 is 6.03 Å². The standard InChI is InChI=1S/C20H25N7O2/c1-12-22-16-7-21-5-4-15(16)19(23-12)27-10-13-8-26(9-14(13)11-27)17-6-18(28)25(3)20(29)24(17)2/h4-5,7,13-14,17H,6,8-11H2,1-3H3. The van der Waals surface area contributed by atoms with E-state index in [1.165, 1.54) is 4.90 Å². The third kappa shape index (κ3) is 2.91. The van der Waals surface area contributed by atoms with Crippen LogP contribution in [0.2, 0.25) is 0 Å². The highest BCUT2D eigenvalue weighted by molar-refractivity contribution is 5.96. The van der Waals surface area contributed by atoms with Gasteiger partial charge in [0.25, 0.3) is 0 Å². The third-order valence-corrected chi connectivity index (χ3v) is 6.59. The van der Waals surface area contributed by atoms with Crippen molar-refractivity contribution < 1.29 is 9.59 Å². The Morgan fingerprint density at radius 3 is 2.48 bits per heavy atom. The van der Waals surface area contributed by atoms with Gasteiger partial charge in [0.15, 0.2) is 0 Å². The number of hydrogen-bond donors (Lipinski definition) is 0. The molecule has 2 aromatic rings. The summed E-state index contributed by atoms with van der Waals surface area (Å²) in [4.78, 5) is 45.5. The van der Waals surface area contributed by atoms with Crippen LogP contribution in [-0.2, 0) is 4.79 Å². The molecule has 3 fully saturated rings. The van der Waals surface area contributed by atoms with Gasteiger partial charge in [0.1, 0.15) is 11.6 Å². The van der Waals surface area contributed by atoms with Crippen LogP contribution < -0.4 is 4.90 Å². The molecule has 3 aliphatic heterocycles. The quantitative estimate of drug-likeness (QED) is 0.748. The maximum absolute atomic E-state index is 12.3. The number of pyridine rings is 1. The molecule has 2 aromatic heterocycles. The third-order valence-electron chi connectivity index (χ3n) is 6.59. The topological polar surface area (TPSA) is 85.8 Å². The van der Waals surface area contributed by atoms with Crippen LogP contribution in [0.15, 0.2) is 18.5 Å². The predicted octanol–water partition coefficient (Wildman–Crippen LogP) is 0.941. The first kappa shape index (κ1) is 18.2. The van der Waals surface area contributed by atoms with E-state index >= 15 is 0 Å².